The van der Waals surface area contributed by atoms with Crippen LogP contribution in [0.5, 0.6) is 0 Å². The molecule has 6 nitrogen and oxygen atoms in total. The van der Waals surface area contributed by atoms with Crippen molar-refractivity contribution in [2.24, 2.45) is 11.8 Å². The fraction of sp³-hybridized carbons (Fsp3) is 0.636. The highest BCUT2D eigenvalue weighted by molar-refractivity contribution is 7.91. The maximum Gasteiger partial charge on any atom is 0.417 e. The van der Waals surface area contributed by atoms with Crippen molar-refractivity contribution in [1.29, 1.82) is 0 Å². The Balaban J connectivity index is 1.34. The van der Waals surface area contributed by atoms with Crippen molar-refractivity contribution in [2.45, 2.75) is 50.9 Å². The largest absolute Gasteiger partial charge is 0.417 e. The molecular formula is C22H27F3N4O2S. The molecule has 174 valence electrons. The van der Waals surface area contributed by atoms with Crippen LogP contribution in [-0.4, -0.2) is 58.7 Å². The third-order valence-electron chi connectivity index (χ3n) is 7.27. The average Bonchev–Trinajstić information content (AvgIpc) is 3.08. The summed E-state index contributed by atoms with van der Waals surface area (Å²) in [5.41, 5.74) is 1.21. The lowest BCUT2D eigenvalue weighted by molar-refractivity contribution is -0.137. The number of hydrogen-bond acceptors (Lipinski definition) is 5. The molecule has 2 aromatic heterocycles. The summed E-state index contributed by atoms with van der Waals surface area (Å²) in [6.45, 7) is 5.29. The van der Waals surface area contributed by atoms with Gasteiger partial charge in [0, 0.05) is 54.7 Å². The predicted molar refractivity (Wildman–Crippen MR) is 114 cm³/mol. The molecule has 3 heterocycles. The number of pyridine rings is 1. The van der Waals surface area contributed by atoms with Crippen molar-refractivity contribution in [3.63, 3.8) is 0 Å². The van der Waals surface area contributed by atoms with Crippen LogP contribution in [0.1, 0.15) is 49.9 Å². The zero-order valence-electron chi connectivity index (χ0n) is 18.1. The van der Waals surface area contributed by atoms with E-state index in [1.54, 1.807) is 0 Å². The van der Waals surface area contributed by atoms with E-state index in [0.29, 0.717) is 48.1 Å². The molecule has 3 fully saturated rings. The number of fused-ring (bicyclic) bond motifs is 1. The number of rotatable bonds is 4. The number of aromatic nitrogens is 3. The zero-order chi connectivity index (χ0) is 22.8. The van der Waals surface area contributed by atoms with Crippen LogP contribution in [0.25, 0.3) is 11.3 Å². The number of nitrogens with zero attached hydrogens (tertiary/aromatic N) is 4. The van der Waals surface area contributed by atoms with Crippen LogP contribution in [0, 0.1) is 11.8 Å². The Morgan fingerprint density at radius 1 is 1.06 bits per heavy atom. The number of sulfone groups is 1. The van der Waals surface area contributed by atoms with Crippen molar-refractivity contribution in [1.82, 2.24) is 19.7 Å². The molecule has 4 atom stereocenters. The zero-order valence-corrected chi connectivity index (χ0v) is 18.9. The first-order chi connectivity index (χ1) is 15.0. The van der Waals surface area contributed by atoms with Gasteiger partial charge in [-0.15, -0.1) is 0 Å². The lowest BCUT2D eigenvalue weighted by Crippen LogP contribution is -2.45. The third-order valence-corrected chi connectivity index (χ3v) is 8.88. The SMILES string of the molecule is CC(C)n1nc(-c2cncc(C(F)(F)F)c2)cc1C1[C@H]2CC(N3CCS(=O)(=O)CC3)C[C@@H]12. The van der Waals surface area contributed by atoms with Gasteiger partial charge < -0.3 is 0 Å². The first-order valence-corrected chi connectivity index (χ1v) is 12.9. The highest BCUT2D eigenvalue weighted by Crippen LogP contribution is 2.64. The summed E-state index contributed by atoms with van der Waals surface area (Å²) in [5, 5.41) is 4.65. The molecule has 0 amide bonds. The molecule has 10 heteroatoms. The molecule has 0 radical (unpaired) electrons. The van der Waals surface area contributed by atoms with Gasteiger partial charge in [0.25, 0.3) is 0 Å². The van der Waals surface area contributed by atoms with Gasteiger partial charge in [-0.2, -0.15) is 18.3 Å². The minimum Gasteiger partial charge on any atom is -0.298 e. The first-order valence-electron chi connectivity index (χ1n) is 11.1. The number of halogens is 3. The Morgan fingerprint density at radius 2 is 1.72 bits per heavy atom. The van der Waals surface area contributed by atoms with E-state index in [1.807, 2.05) is 24.6 Å². The van der Waals surface area contributed by atoms with Crippen LogP contribution in [0.15, 0.2) is 24.5 Å². The molecule has 2 saturated carbocycles. The van der Waals surface area contributed by atoms with Crippen molar-refractivity contribution >= 4 is 9.84 Å². The summed E-state index contributed by atoms with van der Waals surface area (Å²) >= 11 is 0. The number of hydrogen-bond donors (Lipinski definition) is 0. The highest BCUT2D eigenvalue weighted by atomic mass is 32.2. The predicted octanol–water partition coefficient (Wildman–Crippen LogP) is 3.77. The van der Waals surface area contributed by atoms with Crippen molar-refractivity contribution in [2.75, 3.05) is 24.6 Å². The van der Waals surface area contributed by atoms with E-state index in [1.165, 1.54) is 6.20 Å². The standard InChI is InChI=1S/C22H27F3N4O2S/c1-13(2)29-20(10-19(27-29)14-7-15(12-26-11-14)22(23,24)25)21-17-8-16(9-18(17)21)28-3-5-32(30,31)6-4-28/h7,10-13,16-18,21H,3-6,8-9H2,1-2H3/t16?,17-,18+,21?. The quantitative estimate of drug-likeness (QED) is 0.684. The Bertz CT molecular complexity index is 1100. The molecule has 1 aliphatic heterocycles. The van der Waals surface area contributed by atoms with E-state index in [2.05, 4.69) is 15.0 Å². The van der Waals surface area contributed by atoms with E-state index in [9.17, 15) is 21.6 Å². The summed E-state index contributed by atoms with van der Waals surface area (Å²) in [5.74, 6) is 1.91. The molecular weight excluding hydrogens is 441 g/mol. The van der Waals surface area contributed by atoms with Gasteiger partial charge in [-0.1, -0.05) is 0 Å². The first kappa shape index (κ1) is 21.9. The molecule has 0 bridgehead atoms. The van der Waals surface area contributed by atoms with Crippen LogP contribution in [-0.2, 0) is 16.0 Å². The average molecular weight is 469 g/mol. The van der Waals surface area contributed by atoms with Gasteiger partial charge in [0.2, 0.25) is 0 Å². The topological polar surface area (TPSA) is 68.1 Å². The molecule has 0 N–H and O–H groups in total. The van der Waals surface area contributed by atoms with Crippen molar-refractivity contribution < 1.29 is 21.6 Å². The highest BCUT2D eigenvalue weighted by Gasteiger charge is 2.58. The Hall–Kier alpha value is -1.94. The Labute approximate surface area is 185 Å². The van der Waals surface area contributed by atoms with Gasteiger partial charge in [-0.05, 0) is 50.7 Å². The van der Waals surface area contributed by atoms with E-state index in [0.717, 1.165) is 30.8 Å². The molecule has 32 heavy (non-hydrogen) atoms. The molecule has 0 aromatic carbocycles. The van der Waals surface area contributed by atoms with Gasteiger partial charge >= 0.3 is 6.18 Å². The summed E-state index contributed by atoms with van der Waals surface area (Å²) in [6.07, 6.45) is -0.0950. The Morgan fingerprint density at radius 3 is 2.31 bits per heavy atom. The van der Waals surface area contributed by atoms with Gasteiger partial charge in [0.15, 0.2) is 9.84 Å². The summed E-state index contributed by atoms with van der Waals surface area (Å²) in [4.78, 5) is 6.11. The van der Waals surface area contributed by atoms with Crippen molar-refractivity contribution in [3.8, 4) is 11.3 Å². The maximum absolute atomic E-state index is 13.1. The molecule has 0 spiro atoms. The molecule has 2 unspecified atom stereocenters. The second-order valence-electron chi connectivity index (χ2n) is 9.62. The van der Waals surface area contributed by atoms with Crippen molar-refractivity contribution in [3.05, 3.63) is 35.8 Å². The van der Waals surface area contributed by atoms with Gasteiger partial charge in [0.05, 0.1) is 22.8 Å². The molecule has 2 aromatic rings. The maximum atomic E-state index is 13.1. The van der Waals surface area contributed by atoms with E-state index in [4.69, 9.17) is 0 Å². The Kier molecular flexibility index (Phi) is 5.16. The summed E-state index contributed by atoms with van der Waals surface area (Å²) < 4.78 is 64.7. The second kappa shape index (κ2) is 7.55. The van der Waals surface area contributed by atoms with Crippen LogP contribution in [0.4, 0.5) is 13.2 Å². The van der Waals surface area contributed by atoms with Crippen LogP contribution >= 0.6 is 0 Å². The third kappa shape index (κ3) is 3.96. The van der Waals surface area contributed by atoms with E-state index < -0.39 is 21.6 Å². The normalized spacial score (nSPS) is 29.9. The molecule has 2 aliphatic carbocycles. The van der Waals surface area contributed by atoms with Crippen LogP contribution < -0.4 is 0 Å². The summed E-state index contributed by atoms with van der Waals surface area (Å²) in [6, 6.07) is 3.57. The van der Waals surface area contributed by atoms with Crippen LogP contribution in [0.2, 0.25) is 0 Å². The summed E-state index contributed by atoms with van der Waals surface area (Å²) in [7, 11) is -2.88. The van der Waals surface area contributed by atoms with Gasteiger partial charge in [-0.25, -0.2) is 8.42 Å². The van der Waals surface area contributed by atoms with E-state index >= 15 is 0 Å². The smallest absolute Gasteiger partial charge is 0.298 e. The monoisotopic (exact) mass is 468 g/mol. The lowest BCUT2D eigenvalue weighted by atomic mass is 10.0. The minimum atomic E-state index is -4.44. The molecule has 3 aliphatic rings. The lowest BCUT2D eigenvalue weighted by Gasteiger charge is -2.33. The van der Waals surface area contributed by atoms with Gasteiger partial charge in [0.1, 0.15) is 0 Å². The van der Waals surface area contributed by atoms with E-state index in [-0.39, 0.29) is 17.5 Å². The molecule has 1 saturated heterocycles. The molecule has 5 rings (SSSR count). The van der Waals surface area contributed by atoms with Gasteiger partial charge in [-0.3, -0.25) is 14.6 Å². The van der Waals surface area contributed by atoms with Crippen LogP contribution in [0.3, 0.4) is 0 Å². The second-order valence-corrected chi connectivity index (χ2v) is 11.9. The fourth-order valence-electron chi connectivity index (χ4n) is 5.59. The number of alkyl halides is 3. The fourth-order valence-corrected chi connectivity index (χ4v) is 6.82. The minimum absolute atomic E-state index is 0.0990.